The molecule has 2 aromatic rings. The molecule has 2 bridgehead atoms. The van der Waals surface area contributed by atoms with Gasteiger partial charge in [0, 0.05) is 31.5 Å². The lowest BCUT2D eigenvalue weighted by Gasteiger charge is -2.30. The van der Waals surface area contributed by atoms with Gasteiger partial charge in [-0.1, -0.05) is 29.8 Å². The third kappa shape index (κ3) is 3.04. The van der Waals surface area contributed by atoms with Crippen LogP contribution in [0.5, 0.6) is 0 Å². The van der Waals surface area contributed by atoms with E-state index in [1.807, 2.05) is 24.5 Å². The van der Waals surface area contributed by atoms with Crippen LogP contribution in [-0.4, -0.2) is 41.2 Å². The zero-order chi connectivity index (χ0) is 15.8. The fraction of sp³-hybridized carbons (Fsp3) is 0.421. The van der Waals surface area contributed by atoms with Crippen molar-refractivity contribution in [3.63, 3.8) is 0 Å². The van der Waals surface area contributed by atoms with E-state index in [0.29, 0.717) is 0 Å². The van der Waals surface area contributed by atoms with Gasteiger partial charge in [-0.2, -0.15) is 0 Å². The highest BCUT2D eigenvalue weighted by atomic mass is 16.2. The van der Waals surface area contributed by atoms with Gasteiger partial charge in [0.05, 0.1) is 0 Å². The highest BCUT2D eigenvalue weighted by Crippen LogP contribution is 2.27. The van der Waals surface area contributed by atoms with Crippen LogP contribution in [-0.2, 0) is 0 Å². The van der Waals surface area contributed by atoms with Crippen molar-refractivity contribution in [2.24, 2.45) is 5.92 Å². The number of carbonyl (C=O) groups excluding carboxylic acids is 1. The summed E-state index contributed by atoms with van der Waals surface area (Å²) in [6.07, 6.45) is 6.17. The van der Waals surface area contributed by atoms with Crippen molar-refractivity contribution in [1.29, 1.82) is 0 Å². The molecule has 2 aliphatic rings. The van der Waals surface area contributed by atoms with Gasteiger partial charge in [-0.05, 0) is 49.4 Å². The Morgan fingerprint density at radius 3 is 2.96 bits per heavy atom. The summed E-state index contributed by atoms with van der Waals surface area (Å²) in [5, 5.41) is 3.19. The first kappa shape index (κ1) is 14.5. The molecule has 1 aromatic carbocycles. The molecular weight excluding hydrogens is 286 g/mol. The first-order chi connectivity index (χ1) is 11.2. The summed E-state index contributed by atoms with van der Waals surface area (Å²) in [6.45, 7) is 5.49. The lowest BCUT2D eigenvalue weighted by atomic mass is 9.97. The van der Waals surface area contributed by atoms with E-state index in [9.17, 15) is 4.79 Å². The van der Waals surface area contributed by atoms with Gasteiger partial charge in [-0.3, -0.25) is 4.57 Å². The van der Waals surface area contributed by atoms with E-state index >= 15 is 0 Å². The number of hydrogen-bond donors (Lipinski definition) is 1. The van der Waals surface area contributed by atoms with Crippen molar-refractivity contribution in [2.75, 3.05) is 19.6 Å². The lowest BCUT2D eigenvalue weighted by molar-refractivity contribution is 0.206. The van der Waals surface area contributed by atoms with Crippen LogP contribution in [0, 0.1) is 12.8 Å². The molecule has 0 aliphatic carbocycles. The Hall–Kier alpha value is -2.07. The molecule has 1 amide bonds. The van der Waals surface area contributed by atoms with Crippen LogP contribution >= 0.6 is 0 Å². The Kier molecular flexibility index (Phi) is 3.69. The molecule has 2 fully saturated rings. The van der Waals surface area contributed by atoms with Crippen molar-refractivity contribution in [1.82, 2.24) is 14.8 Å². The second kappa shape index (κ2) is 5.85. The molecule has 0 radical (unpaired) electrons. The van der Waals surface area contributed by atoms with Gasteiger partial charge in [0.1, 0.15) is 0 Å². The van der Waals surface area contributed by atoms with Crippen molar-refractivity contribution in [3.8, 4) is 11.1 Å². The average molecular weight is 309 g/mol. The van der Waals surface area contributed by atoms with Crippen molar-refractivity contribution >= 4 is 6.03 Å². The van der Waals surface area contributed by atoms with E-state index < -0.39 is 0 Å². The first-order valence-electron chi connectivity index (χ1n) is 8.45. The minimum absolute atomic E-state index is 0.0172. The largest absolute Gasteiger partial charge is 0.333 e. The third-order valence-electron chi connectivity index (χ3n) is 5.07. The van der Waals surface area contributed by atoms with E-state index in [1.54, 1.807) is 4.57 Å². The fourth-order valence-corrected chi connectivity index (χ4v) is 3.93. The van der Waals surface area contributed by atoms with Gasteiger partial charge in [0.2, 0.25) is 0 Å². The summed E-state index contributed by atoms with van der Waals surface area (Å²) in [5.41, 5.74) is 3.46. The van der Waals surface area contributed by atoms with E-state index in [0.717, 1.165) is 30.0 Å². The molecule has 0 saturated carbocycles. The van der Waals surface area contributed by atoms with Gasteiger partial charge in [0.15, 0.2) is 0 Å². The molecule has 3 unspecified atom stereocenters. The molecule has 23 heavy (non-hydrogen) atoms. The molecule has 4 nitrogen and oxygen atoms in total. The Bertz CT molecular complexity index is 709. The standard InChI is InChI=1S/C19H23N3O/c1-14-3-2-4-16(9-14)17-6-8-22(12-17)19(23)20-18-10-15-5-7-21(11-15)13-18/h2-4,6,8-9,12,15,18H,5,7,10-11,13H2,1H3,(H,20,23). The lowest BCUT2D eigenvalue weighted by Crippen LogP contribution is -2.47. The number of aromatic nitrogens is 1. The maximum atomic E-state index is 12.5. The second-order valence-electron chi connectivity index (χ2n) is 6.97. The molecule has 2 saturated heterocycles. The summed E-state index contributed by atoms with van der Waals surface area (Å²) in [4.78, 5) is 15.0. The summed E-state index contributed by atoms with van der Waals surface area (Å²) < 4.78 is 1.67. The molecule has 0 spiro atoms. The molecule has 1 N–H and O–H groups in total. The molecular formula is C19H23N3O. The zero-order valence-electron chi connectivity index (χ0n) is 13.5. The Labute approximate surface area is 137 Å². The van der Waals surface area contributed by atoms with Crippen LogP contribution in [0.4, 0.5) is 4.79 Å². The van der Waals surface area contributed by atoms with E-state index in [1.165, 1.54) is 25.1 Å². The topological polar surface area (TPSA) is 37.3 Å². The van der Waals surface area contributed by atoms with Crippen molar-refractivity contribution in [2.45, 2.75) is 25.8 Å². The van der Waals surface area contributed by atoms with Crippen LogP contribution < -0.4 is 5.32 Å². The molecule has 2 aliphatic heterocycles. The van der Waals surface area contributed by atoms with E-state index in [-0.39, 0.29) is 12.1 Å². The smallest absolute Gasteiger partial charge is 0.325 e. The molecule has 3 heterocycles. The van der Waals surface area contributed by atoms with Gasteiger partial charge in [0.25, 0.3) is 0 Å². The highest BCUT2D eigenvalue weighted by Gasteiger charge is 2.32. The summed E-state index contributed by atoms with van der Waals surface area (Å²) in [5.74, 6) is 0.765. The molecule has 3 atom stereocenters. The van der Waals surface area contributed by atoms with Crippen LogP contribution in [0.15, 0.2) is 42.7 Å². The molecule has 4 heteroatoms. The van der Waals surface area contributed by atoms with E-state index in [4.69, 9.17) is 0 Å². The number of fused-ring (bicyclic) bond motifs is 2. The Morgan fingerprint density at radius 2 is 2.13 bits per heavy atom. The quantitative estimate of drug-likeness (QED) is 0.925. The molecule has 120 valence electrons. The highest BCUT2D eigenvalue weighted by molar-refractivity contribution is 5.79. The average Bonchev–Trinajstić information content (AvgIpc) is 3.14. The molecule has 4 rings (SSSR count). The number of aryl methyl sites for hydroxylation is 1. The SMILES string of the molecule is Cc1cccc(-c2ccn(C(=O)NC3CC4CCN(C4)C3)c2)c1. The number of hydrogen-bond acceptors (Lipinski definition) is 2. The van der Waals surface area contributed by atoms with Gasteiger partial charge in [-0.25, -0.2) is 4.79 Å². The summed E-state index contributed by atoms with van der Waals surface area (Å²) >= 11 is 0. The second-order valence-corrected chi connectivity index (χ2v) is 6.97. The van der Waals surface area contributed by atoms with Gasteiger partial charge >= 0.3 is 6.03 Å². The molecule has 1 aromatic heterocycles. The number of nitrogens with zero attached hydrogens (tertiary/aromatic N) is 2. The number of benzene rings is 1. The monoisotopic (exact) mass is 309 g/mol. The van der Waals surface area contributed by atoms with Crippen LogP contribution in [0.1, 0.15) is 18.4 Å². The van der Waals surface area contributed by atoms with Gasteiger partial charge in [-0.15, -0.1) is 0 Å². The van der Waals surface area contributed by atoms with Crippen LogP contribution in [0.25, 0.3) is 11.1 Å². The third-order valence-corrected chi connectivity index (χ3v) is 5.07. The normalized spacial score (nSPS) is 26.2. The summed E-state index contributed by atoms with van der Waals surface area (Å²) in [6, 6.07) is 10.6. The zero-order valence-corrected chi connectivity index (χ0v) is 13.5. The number of nitrogens with one attached hydrogen (secondary N) is 1. The Morgan fingerprint density at radius 1 is 1.22 bits per heavy atom. The Balaban J connectivity index is 1.45. The minimum atomic E-state index is -0.0172. The predicted molar refractivity (Wildman–Crippen MR) is 91.5 cm³/mol. The van der Waals surface area contributed by atoms with E-state index in [2.05, 4.69) is 35.3 Å². The minimum Gasteiger partial charge on any atom is -0.333 e. The van der Waals surface area contributed by atoms with Gasteiger partial charge < -0.3 is 10.2 Å². The van der Waals surface area contributed by atoms with Crippen molar-refractivity contribution < 1.29 is 4.79 Å². The van der Waals surface area contributed by atoms with Crippen LogP contribution in [0.2, 0.25) is 0 Å². The fourth-order valence-electron chi connectivity index (χ4n) is 3.93. The van der Waals surface area contributed by atoms with Crippen molar-refractivity contribution in [3.05, 3.63) is 48.3 Å². The predicted octanol–water partition coefficient (Wildman–Crippen LogP) is 3.12. The maximum Gasteiger partial charge on any atom is 0.325 e. The first-order valence-corrected chi connectivity index (χ1v) is 8.45. The summed E-state index contributed by atoms with van der Waals surface area (Å²) in [7, 11) is 0. The number of piperidine rings is 1. The number of amides is 1. The number of rotatable bonds is 2. The van der Waals surface area contributed by atoms with Crippen LogP contribution in [0.3, 0.4) is 0 Å². The number of carbonyl (C=O) groups is 1. The maximum absolute atomic E-state index is 12.5.